The summed E-state index contributed by atoms with van der Waals surface area (Å²) < 4.78 is 46.2. The van der Waals surface area contributed by atoms with Crippen LogP contribution in [0.25, 0.3) is 0 Å². The average Bonchev–Trinajstić information content (AvgIpc) is 3.23. The van der Waals surface area contributed by atoms with Gasteiger partial charge in [-0.1, -0.05) is 55.9 Å². The number of fused-ring (bicyclic) bond motifs is 2. The molecule has 0 fully saturated rings. The quantitative estimate of drug-likeness (QED) is 0.150. The Balaban J connectivity index is 1.56. The number of nitrogens with zero attached hydrogens (tertiary/aromatic N) is 2. The highest BCUT2D eigenvalue weighted by molar-refractivity contribution is 7.85. The zero-order chi connectivity index (χ0) is 31.1. The fourth-order valence-electron chi connectivity index (χ4n) is 5.91. The Morgan fingerprint density at radius 3 is 2.24 bits per heavy atom. The van der Waals surface area contributed by atoms with E-state index < -0.39 is 23.1 Å². The van der Waals surface area contributed by atoms with Crippen LogP contribution in [0.3, 0.4) is 0 Å². The maximum absolute atomic E-state index is 11.9. The van der Waals surface area contributed by atoms with Crippen LogP contribution >= 0.6 is 7.60 Å². The van der Waals surface area contributed by atoms with E-state index in [4.69, 9.17) is 0 Å². The van der Waals surface area contributed by atoms with Crippen LogP contribution in [0.1, 0.15) is 51.3 Å². The monoisotopic (exact) mass is 611 g/mol. The van der Waals surface area contributed by atoms with Gasteiger partial charge in [0.05, 0.1) is 10.7 Å². The maximum atomic E-state index is 11.9. The smallest absolute Gasteiger partial charge is 0.344 e. The van der Waals surface area contributed by atoms with Crippen molar-refractivity contribution in [3.8, 4) is 0 Å². The zero-order valence-corrected chi connectivity index (χ0v) is 26.7. The van der Waals surface area contributed by atoms with Gasteiger partial charge in [-0.3, -0.25) is 9.12 Å². The summed E-state index contributed by atoms with van der Waals surface area (Å²) in [5.74, 6) is -0.364. The van der Waals surface area contributed by atoms with Gasteiger partial charge < -0.3 is 14.7 Å². The first-order valence-electron chi connectivity index (χ1n) is 13.9. The predicted molar refractivity (Wildman–Crippen MR) is 170 cm³/mol. The molecule has 2 aliphatic rings. The minimum atomic E-state index is -4.35. The molecule has 0 unspecified atom stereocenters. The second-order valence-corrected chi connectivity index (χ2v) is 14.9. The summed E-state index contributed by atoms with van der Waals surface area (Å²) in [6, 6.07) is 11.0. The maximum Gasteiger partial charge on any atom is 0.356 e. The molecule has 0 aromatic heterocycles. The molecule has 4 rings (SSSR count). The Morgan fingerprint density at radius 1 is 0.929 bits per heavy atom. The van der Waals surface area contributed by atoms with Gasteiger partial charge in [-0.2, -0.15) is 13.0 Å². The van der Waals surface area contributed by atoms with Crippen molar-refractivity contribution in [2.45, 2.75) is 52.4 Å². The lowest BCUT2D eigenvalue weighted by molar-refractivity contribution is -0.432. The van der Waals surface area contributed by atoms with Crippen LogP contribution in [0.4, 0.5) is 11.4 Å². The Morgan fingerprint density at radius 2 is 1.60 bits per heavy atom. The molecule has 0 aliphatic carbocycles. The van der Waals surface area contributed by atoms with Crippen LogP contribution in [0.15, 0.2) is 84.6 Å². The van der Waals surface area contributed by atoms with Crippen molar-refractivity contribution in [3.05, 3.63) is 101 Å². The van der Waals surface area contributed by atoms with Gasteiger partial charge in [0.2, 0.25) is 5.69 Å². The van der Waals surface area contributed by atoms with Crippen LogP contribution < -0.4 is 10.2 Å². The minimum Gasteiger partial charge on any atom is -0.344 e. The molecule has 0 bridgehead atoms. The molecule has 2 aliphatic heterocycles. The molecule has 0 atom stereocenters. The van der Waals surface area contributed by atoms with E-state index in [1.807, 2.05) is 73.1 Å². The number of likely N-dealkylation sites (N-methyl/N-ethyl adjacent to an activating group) is 1. The fraction of sp³-hybridized carbons (Fsp3) is 0.344. The molecular weight excluding hydrogens is 571 g/mol. The Kier molecular flexibility index (Phi) is 8.76. The van der Waals surface area contributed by atoms with Gasteiger partial charge in [-0.15, -0.1) is 0 Å². The molecule has 0 spiro atoms. The standard InChI is InChI=1S/C32H39N2O6PS/c1-7-33-27-18-16-24(41(35,36)37)22-26(27)32(5,6)29(33)13-11-9-8-10-12-14-30-31(3,4)25-21-23(2)15-17-28(25)34(30)19-20-42(38,39)40/h8-18,21-22H,7,19-20H2,1-6H3,(H2-,35,36,37,38,39,40)/p+1. The van der Waals surface area contributed by atoms with Gasteiger partial charge in [-0.05, 0) is 63.6 Å². The van der Waals surface area contributed by atoms with Gasteiger partial charge in [-0.25, -0.2) is 0 Å². The Hall–Kier alpha value is -3.07. The number of aryl methyl sites for hydroxylation is 1. The fourth-order valence-corrected chi connectivity index (χ4v) is 6.89. The van der Waals surface area contributed by atoms with Crippen molar-refractivity contribution in [2.24, 2.45) is 0 Å². The lowest BCUT2D eigenvalue weighted by Gasteiger charge is -2.25. The van der Waals surface area contributed by atoms with E-state index >= 15 is 0 Å². The van der Waals surface area contributed by atoms with Gasteiger partial charge in [0.15, 0.2) is 12.3 Å². The third-order valence-electron chi connectivity index (χ3n) is 8.10. The van der Waals surface area contributed by atoms with E-state index in [0.717, 1.165) is 39.5 Å². The second-order valence-electron chi connectivity index (χ2n) is 11.8. The zero-order valence-electron chi connectivity index (χ0n) is 24.9. The number of anilines is 1. The van der Waals surface area contributed by atoms with Crippen LogP contribution in [0.2, 0.25) is 0 Å². The largest absolute Gasteiger partial charge is 0.356 e. The number of hydrogen-bond acceptors (Lipinski definition) is 4. The average molecular weight is 612 g/mol. The van der Waals surface area contributed by atoms with E-state index in [-0.39, 0.29) is 23.0 Å². The predicted octanol–water partition coefficient (Wildman–Crippen LogP) is 5.43. The lowest BCUT2D eigenvalue weighted by Crippen LogP contribution is -2.29. The molecule has 0 amide bonds. The van der Waals surface area contributed by atoms with E-state index in [1.54, 1.807) is 12.1 Å². The molecule has 0 radical (unpaired) electrons. The molecule has 0 saturated carbocycles. The summed E-state index contributed by atoms with van der Waals surface area (Å²) in [7, 11) is -8.46. The van der Waals surface area contributed by atoms with Crippen LogP contribution in [-0.4, -0.2) is 51.9 Å². The van der Waals surface area contributed by atoms with Crippen molar-refractivity contribution < 1.29 is 31.9 Å². The highest BCUT2D eigenvalue weighted by Crippen LogP contribution is 2.48. The van der Waals surface area contributed by atoms with Crippen LogP contribution in [-0.2, 0) is 25.5 Å². The van der Waals surface area contributed by atoms with Gasteiger partial charge >= 0.3 is 7.60 Å². The highest BCUT2D eigenvalue weighted by atomic mass is 32.2. The Labute approximate surface area is 249 Å². The highest BCUT2D eigenvalue weighted by Gasteiger charge is 2.44. The third kappa shape index (κ3) is 6.31. The van der Waals surface area contributed by atoms with Crippen molar-refractivity contribution in [2.75, 3.05) is 23.7 Å². The van der Waals surface area contributed by atoms with Crippen molar-refractivity contribution in [1.29, 1.82) is 0 Å². The summed E-state index contributed by atoms with van der Waals surface area (Å²) >= 11 is 0. The van der Waals surface area contributed by atoms with Gasteiger partial charge in [0.1, 0.15) is 5.75 Å². The lowest BCUT2D eigenvalue weighted by atomic mass is 9.81. The van der Waals surface area contributed by atoms with Crippen LogP contribution in [0.5, 0.6) is 0 Å². The molecule has 10 heteroatoms. The number of allylic oxidation sites excluding steroid dienone is 8. The SMILES string of the molecule is CCN1/C(=C/C=C/C=C/C=C/C2=[N+](CCS(=O)(=O)O)c3ccc(C)cc3C2(C)C)C(C)(C)c2cc(P(=O)(O)O)ccc21. The molecule has 0 saturated heterocycles. The molecule has 42 heavy (non-hydrogen) atoms. The van der Waals surface area contributed by atoms with Crippen molar-refractivity contribution in [3.63, 3.8) is 0 Å². The van der Waals surface area contributed by atoms with Crippen molar-refractivity contribution >= 4 is 40.1 Å². The van der Waals surface area contributed by atoms with E-state index in [0.29, 0.717) is 6.54 Å². The molecule has 224 valence electrons. The van der Waals surface area contributed by atoms with E-state index in [9.17, 15) is 27.3 Å². The number of benzene rings is 2. The molecule has 3 N–H and O–H groups in total. The Bertz CT molecular complexity index is 1710. The summed E-state index contributed by atoms with van der Waals surface area (Å²) in [6.07, 6.45) is 13.6. The number of hydrogen-bond donors (Lipinski definition) is 3. The molecule has 2 heterocycles. The van der Waals surface area contributed by atoms with E-state index in [1.165, 1.54) is 6.07 Å². The first-order valence-corrected chi connectivity index (χ1v) is 17.1. The molecule has 8 nitrogen and oxygen atoms in total. The van der Waals surface area contributed by atoms with Crippen LogP contribution in [0, 0.1) is 6.92 Å². The van der Waals surface area contributed by atoms with E-state index in [2.05, 4.69) is 38.7 Å². The summed E-state index contributed by atoms with van der Waals surface area (Å²) in [4.78, 5) is 21.5. The molecular formula is C32H40N2O6PS+. The number of rotatable bonds is 9. The van der Waals surface area contributed by atoms with Gasteiger partial charge in [0, 0.05) is 41.1 Å². The topological polar surface area (TPSA) is 118 Å². The third-order valence-corrected chi connectivity index (χ3v) is 9.75. The normalized spacial score (nSPS) is 19.2. The summed E-state index contributed by atoms with van der Waals surface area (Å²) in [5.41, 5.74) is 6.21. The summed E-state index contributed by atoms with van der Waals surface area (Å²) in [6.45, 7) is 13.3. The second kappa shape index (κ2) is 11.5. The molecule has 2 aromatic rings. The molecule has 2 aromatic carbocycles. The first-order chi connectivity index (χ1) is 19.5. The van der Waals surface area contributed by atoms with Gasteiger partial charge in [0.25, 0.3) is 10.1 Å². The minimum absolute atomic E-state index is 0.0231. The summed E-state index contributed by atoms with van der Waals surface area (Å²) in [5, 5.41) is 0.0231. The first kappa shape index (κ1) is 31.9. The van der Waals surface area contributed by atoms with Crippen molar-refractivity contribution in [1.82, 2.24) is 0 Å².